The number of carbonyl (C=O) groups is 1. The fourth-order valence-corrected chi connectivity index (χ4v) is 4.63. The Morgan fingerprint density at radius 2 is 1.73 bits per heavy atom. The molecule has 1 aliphatic rings. The van der Waals surface area contributed by atoms with Gasteiger partial charge in [0.25, 0.3) is 21.6 Å². The van der Waals surface area contributed by atoms with E-state index in [2.05, 4.69) is 4.72 Å². The number of carbonyl (C=O) groups excluding carboxylic acids is 1. The summed E-state index contributed by atoms with van der Waals surface area (Å²) in [6.45, 7) is 2.06. The van der Waals surface area contributed by atoms with E-state index in [1.807, 2.05) is 35.2 Å². The molecule has 1 fully saturated rings. The first-order valence-electron chi connectivity index (χ1n) is 10.5. The van der Waals surface area contributed by atoms with Crippen molar-refractivity contribution in [1.82, 2.24) is 4.90 Å². The van der Waals surface area contributed by atoms with Crippen LogP contribution in [0.1, 0.15) is 34.3 Å². The van der Waals surface area contributed by atoms with Crippen LogP contribution in [0.2, 0.25) is 0 Å². The molecule has 1 saturated carbocycles. The number of hydrogen-bond donors (Lipinski definition) is 1. The van der Waals surface area contributed by atoms with E-state index in [1.54, 1.807) is 19.1 Å². The average Bonchev–Trinajstić information content (AvgIpc) is 3.63. The Hall–Kier alpha value is -3.72. The lowest BCUT2D eigenvalue weighted by molar-refractivity contribution is -0.385. The van der Waals surface area contributed by atoms with Gasteiger partial charge in [0.2, 0.25) is 0 Å². The first-order chi connectivity index (χ1) is 15.7. The van der Waals surface area contributed by atoms with E-state index in [9.17, 15) is 23.3 Å². The minimum Gasteiger partial charge on any atom is -0.331 e. The van der Waals surface area contributed by atoms with Gasteiger partial charge in [-0.25, -0.2) is 8.42 Å². The third kappa shape index (κ3) is 5.20. The van der Waals surface area contributed by atoms with Gasteiger partial charge in [0, 0.05) is 35.5 Å². The highest BCUT2D eigenvalue weighted by atomic mass is 32.2. The second-order valence-electron chi connectivity index (χ2n) is 8.04. The standard InChI is InChI=1S/C24H23N3O5S/c1-17-7-14-22(15-23(17)27(29)30)33(31,32)25-20-10-8-19(9-11-20)24(28)26(21-12-13-21)16-18-5-3-2-4-6-18/h2-11,14-15,21,25H,12-13,16H2,1H3. The summed E-state index contributed by atoms with van der Waals surface area (Å²) in [6.07, 6.45) is 1.94. The van der Waals surface area contributed by atoms with Crippen molar-refractivity contribution in [3.05, 3.63) is 99.6 Å². The van der Waals surface area contributed by atoms with Crippen molar-refractivity contribution in [3.63, 3.8) is 0 Å². The van der Waals surface area contributed by atoms with Gasteiger partial charge in [0.15, 0.2) is 0 Å². The van der Waals surface area contributed by atoms with Crippen molar-refractivity contribution in [2.45, 2.75) is 37.2 Å². The topological polar surface area (TPSA) is 110 Å². The van der Waals surface area contributed by atoms with Crippen LogP contribution in [0.3, 0.4) is 0 Å². The quantitative estimate of drug-likeness (QED) is 0.389. The molecule has 0 spiro atoms. The fraction of sp³-hybridized carbons (Fsp3) is 0.208. The molecule has 33 heavy (non-hydrogen) atoms. The highest BCUT2D eigenvalue weighted by Gasteiger charge is 2.33. The second kappa shape index (κ2) is 9.03. The van der Waals surface area contributed by atoms with Gasteiger partial charge in [-0.1, -0.05) is 36.4 Å². The van der Waals surface area contributed by atoms with Crippen LogP contribution in [0.25, 0.3) is 0 Å². The SMILES string of the molecule is Cc1ccc(S(=O)(=O)Nc2ccc(C(=O)N(Cc3ccccc3)C3CC3)cc2)cc1[N+](=O)[O-]. The predicted molar refractivity (Wildman–Crippen MR) is 124 cm³/mol. The molecule has 3 aromatic rings. The molecule has 1 amide bonds. The van der Waals surface area contributed by atoms with Crippen molar-refractivity contribution in [2.24, 2.45) is 0 Å². The van der Waals surface area contributed by atoms with Crippen molar-refractivity contribution in [2.75, 3.05) is 4.72 Å². The Bertz CT molecular complexity index is 1290. The first-order valence-corrected chi connectivity index (χ1v) is 12.0. The molecule has 1 N–H and O–H groups in total. The normalized spacial score (nSPS) is 13.4. The largest absolute Gasteiger partial charge is 0.331 e. The molecule has 3 aromatic carbocycles. The number of nitrogens with one attached hydrogen (secondary N) is 1. The second-order valence-corrected chi connectivity index (χ2v) is 9.72. The summed E-state index contributed by atoms with van der Waals surface area (Å²) < 4.78 is 27.8. The van der Waals surface area contributed by atoms with Crippen LogP contribution in [0.15, 0.2) is 77.7 Å². The zero-order valence-electron chi connectivity index (χ0n) is 18.0. The van der Waals surface area contributed by atoms with Crippen LogP contribution in [-0.2, 0) is 16.6 Å². The van der Waals surface area contributed by atoms with Crippen LogP contribution in [0, 0.1) is 17.0 Å². The van der Waals surface area contributed by atoms with E-state index in [0.717, 1.165) is 24.5 Å². The van der Waals surface area contributed by atoms with Gasteiger partial charge < -0.3 is 4.90 Å². The minimum absolute atomic E-state index is 0.107. The molecule has 170 valence electrons. The van der Waals surface area contributed by atoms with E-state index in [0.29, 0.717) is 17.7 Å². The van der Waals surface area contributed by atoms with E-state index >= 15 is 0 Å². The number of anilines is 1. The summed E-state index contributed by atoms with van der Waals surface area (Å²) in [4.78, 5) is 25.3. The summed E-state index contributed by atoms with van der Waals surface area (Å²) in [6, 6.07) is 19.9. The van der Waals surface area contributed by atoms with E-state index in [-0.39, 0.29) is 28.2 Å². The highest BCUT2D eigenvalue weighted by molar-refractivity contribution is 7.92. The molecule has 0 atom stereocenters. The summed E-state index contributed by atoms with van der Waals surface area (Å²) >= 11 is 0. The highest BCUT2D eigenvalue weighted by Crippen LogP contribution is 2.30. The number of amides is 1. The summed E-state index contributed by atoms with van der Waals surface area (Å²) in [5.74, 6) is -0.107. The Kier molecular flexibility index (Phi) is 6.15. The molecular formula is C24H23N3O5S. The fourth-order valence-electron chi connectivity index (χ4n) is 3.55. The van der Waals surface area contributed by atoms with Gasteiger partial charge in [0.05, 0.1) is 9.82 Å². The molecule has 8 nitrogen and oxygen atoms in total. The zero-order valence-corrected chi connectivity index (χ0v) is 18.8. The Morgan fingerprint density at radius 3 is 2.33 bits per heavy atom. The van der Waals surface area contributed by atoms with Crippen molar-refractivity contribution >= 4 is 27.3 Å². The molecule has 1 aliphatic carbocycles. The van der Waals surface area contributed by atoms with Crippen LogP contribution in [-0.4, -0.2) is 30.2 Å². The zero-order chi connectivity index (χ0) is 23.6. The summed E-state index contributed by atoms with van der Waals surface area (Å²) in [5, 5.41) is 11.1. The van der Waals surface area contributed by atoms with Gasteiger partial charge in [-0.05, 0) is 55.7 Å². The molecule has 0 bridgehead atoms. The number of nitrogens with zero attached hydrogens (tertiary/aromatic N) is 2. The molecule has 0 radical (unpaired) electrons. The van der Waals surface area contributed by atoms with Crippen LogP contribution in [0.4, 0.5) is 11.4 Å². The van der Waals surface area contributed by atoms with Gasteiger partial charge in [-0.3, -0.25) is 19.6 Å². The molecule has 0 saturated heterocycles. The first kappa shape index (κ1) is 22.5. The molecular weight excluding hydrogens is 442 g/mol. The lowest BCUT2D eigenvalue weighted by atomic mass is 10.1. The molecule has 0 unspecified atom stereocenters. The van der Waals surface area contributed by atoms with E-state index in [1.165, 1.54) is 24.3 Å². The third-order valence-electron chi connectivity index (χ3n) is 5.52. The van der Waals surface area contributed by atoms with Crippen molar-refractivity contribution in [3.8, 4) is 0 Å². The summed E-state index contributed by atoms with van der Waals surface area (Å²) in [5.41, 5.74) is 1.88. The van der Waals surface area contributed by atoms with Crippen LogP contribution < -0.4 is 4.72 Å². The Labute approximate surface area is 192 Å². The summed E-state index contributed by atoms with van der Waals surface area (Å²) in [7, 11) is -4.03. The van der Waals surface area contributed by atoms with Gasteiger partial charge in [-0.15, -0.1) is 0 Å². The monoisotopic (exact) mass is 465 g/mol. The average molecular weight is 466 g/mol. The maximum Gasteiger partial charge on any atom is 0.273 e. The smallest absolute Gasteiger partial charge is 0.273 e. The van der Waals surface area contributed by atoms with E-state index < -0.39 is 14.9 Å². The number of sulfonamides is 1. The minimum atomic E-state index is -4.03. The Balaban J connectivity index is 1.50. The maximum atomic E-state index is 13.1. The Morgan fingerprint density at radius 1 is 1.06 bits per heavy atom. The van der Waals surface area contributed by atoms with Gasteiger partial charge in [0.1, 0.15) is 0 Å². The van der Waals surface area contributed by atoms with Crippen LogP contribution in [0.5, 0.6) is 0 Å². The third-order valence-corrected chi connectivity index (χ3v) is 6.89. The number of benzene rings is 3. The molecule has 4 rings (SSSR count). The number of nitro benzene ring substituents is 1. The van der Waals surface area contributed by atoms with Gasteiger partial charge >= 0.3 is 0 Å². The lowest BCUT2D eigenvalue weighted by Gasteiger charge is -2.23. The van der Waals surface area contributed by atoms with E-state index in [4.69, 9.17) is 0 Å². The van der Waals surface area contributed by atoms with Crippen LogP contribution >= 0.6 is 0 Å². The molecule has 9 heteroatoms. The van der Waals surface area contributed by atoms with Gasteiger partial charge in [-0.2, -0.15) is 0 Å². The maximum absolute atomic E-state index is 13.1. The number of rotatable bonds is 8. The predicted octanol–water partition coefficient (Wildman–Crippen LogP) is 4.51. The molecule has 0 heterocycles. The molecule has 0 aliphatic heterocycles. The van der Waals surface area contributed by atoms with Crippen molar-refractivity contribution < 1.29 is 18.1 Å². The number of aryl methyl sites for hydroxylation is 1. The van der Waals surface area contributed by atoms with Crippen molar-refractivity contribution in [1.29, 1.82) is 0 Å². The molecule has 0 aromatic heterocycles. The lowest BCUT2D eigenvalue weighted by Crippen LogP contribution is -2.32. The number of nitro groups is 1. The number of hydrogen-bond acceptors (Lipinski definition) is 5.